The predicted octanol–water partition coefficient (Wildman–Crippen LogP) is 1.01. The standard InChI is InChI=1S/C17H21N7O/c1-12-19-16(18)15-17(20-12)24(22-21-15)11-14-10-23(7-8-25-14)9-13-5-3-2-4-6-13/h2-6,14H,7-11H2,1H3,(H2,18,19,20)/t14-/m1/s1. The van der Waals surface area contributed by atoms with E-state index in [9.17, 15) is 0 Å². The highest BCUT2D eigenvalue weighted by molar-refractivity contribution is 5.80. The van der Waals surface area contributed by atoms with E-state index in [4.69, 9.17) is 10.5 Å². The lowest BCUT2D eigenvalue weighted by molar-refractivity contribution is -0.0399. The van der Waals surface area contributed by atoms with Gasteiger partial charge in [-0.1, -0.05) is 35.5 Å². The number of benzene rings is 1. The van der Waals surface area contributed by atoms with Crippen LogP contribution < -0.4 is 5.73 Å². The summed E-state index contributed by atoms with van der Waals surface area (Å²) < 4.78 is 7.68. The highest BCUT2D eigenvalue weighted by Gasteiger charge is 2.23. The van der Waals surface area contributed by atoms with Gasteiger partial charge in [0.25, 0.3) is 0 Å². The van der Waals surface area contributed by atoms with Crippen molar-refractivity contribution in [2.45, 2.75) is 26.1 Å². The van der Waals surface area contributed by atoms with Crippen LogP contribution in [-0.2, 0) is 17.8 Å². The van der Waals surface area contributed by atoms with E-state index >= 15 is 0 Å². The number of morpholine rings is 1. The van der Waals surface area contributed by atoms with Gasteiger partial charge < -0.3 is 10.5 Å². The van der Waals surface area contributed by atoms with Crippen LogP contribution in [0.2, 0.25) is 0 Å². The Labute approximate surface area is 145 Å². The van der Waals surface area contributed by atoms with Crippen molar-refractivity contribution < 1.29 is 4.74 Å². The second kappa shape index (κ2) is 6.73. The van der Waals surface area contributed by atoms with Gasteiger partial charge in [-0.2, -0.15) is 0 Å². The molecule has 0 aliphatic carbocycles. The van der Waals surface area contributed by atoms with Crippen molar-refractivity contribution in [2.75, 3.05) is 25.4 Å². The number of rotatable bonds is 4. The zero-order chi connectivity index (χ0) is 17.2. The van der Waals surface area contributed by atoms with E-state index < -0.39 is 0 Å². The highest BCUT2D eigenvalue weighted by atomic mass is 16.5. The Bertz CT molecular complexity index is 864. The molecule has 1 aliphatic heterocycles. The quantitative estimate of drug-likeness (QED) is 0.758. The lowest BCUT2D eigenvalue weighted by atomic mass is 10.2. The topological polar surface area (TPSA) is 95.0 Å². The molecule has 1 saturated heterocycles. The van der Waals surface area contributed by atoms with E-state index in [1.165, 1.54) is 5.56 Å². The average molecular weight is 339 g/mol. The molecule has 0 bridgehead atoms. The largest absolute Gasteiger partial charge is 0.382 e. The predicted molar refractivity (Wildman–Crippen MR) is 93.7 cm³/mol. The zero-order valence-electron chi connectivity index (χ0n) is 14.2. The number of hydrogen-bond donors (Lipinski definition) is 1. The Morgan fingerprint density at radius 1 is 1.24 bits per heavy atom. The van der Waals surface area contributed by atoms with Crippen molar-refractivity contribution in [1.29, 1.82) is 0 Å². The van der Waals surface area contributed by atoms with Crippen LogP contribution >= 0.6 is 0 Å². The van der Waals surface area contributed by atoms with Gasteiger partial charge in [0.1, 0.15) is 5.82 Å². The maximum atomic E-state index is 5.92. The number of nitrogens with two attached hydrogens (primary N) is 1. The second-order valence-electron chi connectivity index (χ2n) is 6.31. The normalized spacial score (nSPS) is 18.7. The Morgan fingerprint density at radius 2 is 2.08 bits per heavy atom. The third-order valence-electron chi connectivity index (χ3n) is 4.35. The molecule has 1 aliphatic rings. The fourth-order valence-corrected chi connectivity index (χ4v) is 3.18. The van der Waals surface area contributed by atoms with Crippen molar-refractivity contribution in [3.8, 4) is 0 Å². The molecule has 1 fully saturated rings. The van der Waals surface area contributed by atoms with Gasteiger partial charge in [-0.05, 0) is 12.5 Å². The zero-order valence-corrected chi connectivity index (χ0v) is 14.2. The number of nitrogen functional groups attached to an aromatic ring is 1. The summed E-state index contributed by atoms with van der Waals surface area (Å²) in [6.45, 7) is 5.81. The van der Waals surface area contributed by atoms with Gasteiger partial charge in [-0.3, -0.25) is 4.90 Å². The average Bonchev–Trinajstić information content (AvgIpc) is 2.99. The molecule has 1 atom stereocenters. The number of fused-ring (bicyclic) bond motifs is 1. The molecule has 0 saturated carbocycles. The van der Waals surface area contributed by atoms with E-state index in [1.807, 2.05) is 13.0 Å². The summed E-state index contributed by atoms with van der Waals surface area (Å²) >= 11 is 0. The van der Waals surface area contributed by atoms with E-state index in [1.54, 1.807) is 4.68 Å². The number of aromatic nitrogens is 5. The van der Waals surface area contributed by atoms with Crippen LogP contribution in [0.1, 0.15) is 11.4 Å². The highest BCUT2D eigenvalue weighted by Crippen LogP contribution is 2.17. The maximum absolute atomic E-state index is 5.92. The first-order chi connectivity index (χ1) is 12.2. The minimum absolute atomic E-state index is 0.0406. The van der Waals surface area contributed by atoms with Crippen molar-refractivity contribution in [2.24, 2.45) is 0 Å². The van der Waals surface area contributed by atoms with Gasteiger partial charge in [0.2, 0.25) is 0 Å². The van der Waals surface area contributed by atoms with Crippen LogP contribution in [0.3, 0.4) is 0 Å². The van der Waals surface area contributed by atoms with Crippen molar-refractivity contribution in [3.63, 3.8) is 0 Å². The molecule has 8 heteroatoms. The summed E-state index contributed by atoms with van der Waals surface area (Å²) in [6, 6.07) is 10.5. The number of hydrogen-bond acceptors (Lipinski definition) is 7. The number of nitrogens with zero attached hydrogens (tertiary/aromatic N) is 6. The summed E-state index contributed by atoms with van der Waals surface area (Å²) in [7, 11) is 0. The fraction of sp³-hybridized carbons (Fsp3) is 0.412. The Hall–Kier alpha value is -2.58. The molecule has 130 valence electrons. The molecule has 0 radical (unpaired) electrons. The van der Waals surface area contributed by atoms with Crippen LogP contribution in [-0.4, -0.2) is 55.7 Å². The molecule has 8 nitrogen and oxygen atoms in total. The molecular formula is C17H21N7O. The third-order valence-corrected chi connectivity index (χ3v) is 4.35. The smallest absolute Gasteiger partial charge is 0.184 e. The Kier molecular flexibility index (Phi) is 4.29. The number of aryl methyl sites for hydroxylation is 1. The van der Waals surface area contributed by atoms with Crippen LogP contribution in [0.15, 0.2) is 30.3 Å². The summed E-state index contributed by atoms with van der Waals surface area (Å²) in [5.74, 6) is 0.979. The molecule has 0 unspecified atom stereocenters. The monoisotopic (exact) mass is 339 g/mol. The molecule has 3 heterocycles. The van der Waals surface area contributed by atoms with Crippen LogP contribution in [0.4, 0.5) is 5.82 Å². The molecular weight excluding hydrogens is 318 g/mol. The second-order valence-corrected chi connectivity index (χ2v) is 6.31. The molecule has 0 amide bonds. The number of anilines is 1. The summed E-state index contributed by atoms with van der Waals surface area (Å²) in [4.78, 5) is 11.0. The first-order valence-corrected chi connectivity index (χ1v) is 8.40. The molecule has 1 aromatic carbocycles. The molecule has 3 aromatic rings. The summed E-state index contributed by atoms with van der Waals surface area (Å²) in [5.41, 5.74) is 8.42. The first kappa shape index (κ1) is 15.9. The minimum Gasteiger partial charge on any atom is -0.382 e. The summed E-state index contributed by atoms with van der Waals surface area (Å²) in [5, 5.41) is 8.29. The Morgan fingerprint density at radius 3 is 2.92 bits per heavy atom. The number of ether oxygens (including phenoxy) is 1. The van der Waals surface area contributed by atoms with Gasteiger partial charge in [0, 0.05) is 19.6 Å². The van der Waals surface area contributed by atoms with E-state index in [2.05, 4.69) is 49.4 Å². The van der Waals surface area contributed by atoms with Crippen LogP contribution in [0.25, 0.3) is 11.2 Å². The van der Waals surface area contributed by atoms with Gasteiger partial charge in [0.15, 0.2) is 17.0 Å². The van der Waals surface area contributed by atoms with Crippen molar-refractivity contribution in [1.82, 2.24) is 29.9 Å². The fourth-order valence-electron chi connectivity index (χ4n) is 3.18. The molecule has 2 aromatic heterocycles. The SMILES string of the molecule is Cc1nc(N)c2nnn(C[C@H]3CN(Cc4ccccc4)CCO3)c2n1. The van der Waals surface area contributed by atoms with E-state index in [0.29, 0.717) is 36.0 Å². The van der Waals surface area contributed by atoms with Gasteiger partial charge in [-0.15, -0.1) is 5.10 Å². The third kappa shape index (κ3) is 3.45. The van der Waals surface area contributed by atoms with Crippen LogP contribution in [0.5, 0.6) is 0 Å². The van der Waals surface area contributed by atoms with E-state index in [0.717, 1.165) is 19.6 Å². The molecule has 4 rings (SSSR count). The van der Waals surface area contributed by atoms with Crippen molar-refractivity contribution in [3.05, 3.63) is 41.7 Å². The van der Waals surface area contributed by atoms with E-state index in [-0.39, 0.29) is 6.10 Å². The first-order valence-electron chi connectivity index (χ1n) is 8.40. The lowest BCUT2D eigenvalue weighted by Crippen LogP contribution is -2.43. The van der Waals surface area contributed by atoms with Gasteiger partial charge >= 0.3 is 0 Å². The van der Waals surface area contributed by atoms with Gasteiger partial charge in [-0.25, -0.2) is 14.6 Å². The molecule has 25 heavy (non-hydrogen) atoms. The Balaban J connectivity index is 1.47. The summed E-state index contributed by atoms with van der Waals surface area (Å²) in [6.07, 6.45) is 0.0406. The maximum Gasteiger partial charge on any atom is 0.184 e. The van der Waals surface area contributed by atoms with Crippen LogP contribution in [0, 0.1) is 6.92 Å². The van der Waals surface area contributed by atoms with Crippen molar-refractivity contribution >= 4 is 17.0 Å². The molecule has 2 N–H and O–H groups in total. The minimum atomic E-state index is 0.0406. The molecule has 0 spiro atoms. The van der Waals surface area contributed by atoms with Gasteiger partial charge in [0.05, 0.1) is 19.3 Å². The lowest BCUT2D eigenvalue weighted by Gasteiger charge is -2.32.